The second-order valence-corrected chi connectivity index (χ2v) is 8.80. The SMILES string of the molecule is CC(C)Cc1cn(CC2CCCN(C(=O)C3=CC(=O)CC(C)(C)O3)C2)nn1. The van der Waals surface area contributed by atoms with Crippen molar-refractivity contribution in [2.75, 3.05) is 13.1 Å². The molecule has 1 saturated heterocycles. The molecule has 27 heavy (non-hydrogen) atoms. The Morgan fingerprint density at radius 3 is 2.89 bits per heavy atom. The minimum absolute atomic E-state index is 0.0524. The van der Waals surface area contributed by atoms with Crippen LogP contribution >= 0.6 is 0 Å². The molecular formula is C20H30N4O3. The van der Waals surface area contributed by atoms with Gasteiger partial charge >= 0.3 is 0 Å². The van der Waals surface area contributed by atoms with Crippen LogP contribution in [0.5, 0.6) is 0 Å². The molecule has 7 heteroatoms. The second kappa shape index (κ2) is 7.82. The van der Waals surface area contributed by atoms with Gasteiger partial charge in [0.1, 0.15) is 5.60 Å². The van der Waals surface area contributed by atoms with E-state index in [1.54, 1.807) is 4.90 Å². The Morgan fingerprint density at radius 2 is 2.19 bits per heavy atom. The zero-order valence-electron chi connectivity index (χ0n) is 16.8. The Balaban J connectivity index is 1.61. The normalized spacial score (nSPS) is 22.6. The maximum absolute atomic E-state index is 12.9. The summed E-state index contributed by atoms with van der Waals surface area (Å²) < 4.78 is 7.66. The van der Waals surface area contributed by atoms with E-state index in [1.165, 1.54) is 6.08 Å². The van der Waals surface area contributed by atoms with Crippen molar-refractivity contribution in [3.05, 3.63) is 23.7 Å². The van der Waals surface area contributed by atoms with Crippen molar-refractivity contribution in [3.8, 4) is 0 Å². The van der Waals surface area contributed by atoms with E-state index in [0.717, 1.165) is 31.5 Å². The predicted molar refractivity (Wildman–Crippen MR) is 101 cm³/mol. The van der Waals surface area contributed by atoms with Crippen LogP contribution in [0.4, 0.5) is 0 Å². The van der Waals surface area contributed by atoms with Gasteiger partial charge in [-0.05, 0) is 44.9 Å². The molecule has 1 atom stereocenters. The third-order valence-corrected chi connectivity index (χ3v) is 4.94. The summed E-state index contributed by atoms with van der Waals surface area (Å²) in [5.74, 6) is 0.818. The highest BCUT2D eigenvalue weighted by molar-refractivity contribution is 6.01. The van der Waals surface area contributed by atoms with Crippen molar-refractivity contribution < 1.29 is 14.3 Å². The zero-order chi connectivity index (χ0) is 19.6. The fourth-order valence-corrected chi connectivity index (χ4v) is 3.84. The van der Waals surface area contributed by atoms with Gasteiger partial charge in [-0.2, -0.15) is 0 Å². The number of hydrogen-bond donors (Lipinski definition) is 0. The van der Waals surface area contributed by atoms with Gasteiger partial charge in [0, 0.05) is 38.3 Å². The number of ketones is 1. The summed E-state index contributed by atoms with van der Waals surface area (Å²) in [6, 6.07) is 0. The monoisotopic (exact) mass is 374 g/mol. The van der Waals surface area contributed by atoms with E-state index in [9.17, 15) is 9.59 Å². The number of likely N-dealkylation sites (tertiary alicyclic amines) is 1. The topological polar surface area (TPSA) is 77.3 Å². The molecule has 2 aliphatic rings. The lowest BCUT2D eigenvalue weighted by Gasteiger charge is -2.36. The van der Waals surface area contributed by atoms with Gasteiger partial charge in [0.2, 0.25) is 0 Å². The number of amides is 1. The van der Waals surface area contributed by atoms with Crippen molar-refractivity contribution in [2.45, 2.75) is 65.5 Å². The Hall–Kier alpha value is -2.18. The number of carbonyl (C=O) groups is 2. The summed E-state index contributed by atoms with van der Waals surface area (Å²) in [6.45, 7) is 10.1. The van der Waals surface area contributed by atoms with Gasteiger partial charge < -0.3 is 9.64 Å². The second-order valence-electron chi connectivity index (χ2n) is 8.80. The van der Waals surface area contributed by atoms with Gasteiger partial charge in [-0.1, -0.05) is 19.1 Å². The largest absolute Gasteiger partial charge is 0.481 e. The fraction of sp³-hybridized carbons (Fsp3) is 0.700. The average Bonchev–Trinajstić information content (AvgIpc) is 2.98. The van der Waals surface area contributed by atoms with Gasteiger partial charge in [0.05, 0.1) is 5.69 Å². The van der Waals surface area contributed by atoms with E-state index in [1.807, 2.05) is 24.7 Å². The molecular weight excluding hydrogens is 344 g/mol. The van der Waals surface area contributed by atoms with Gasteiger partial charge in [-0.25, -0.2) is 0 Å². The molecule has 0 radical (unpaired) electrons. The molecule has 1 aromatic heterocycles. The van der Waals surface area contributed by atoms with E-state index < -0.39 is 5.60 Å². The highest BCUT2D eigenvalue weighted by Crippen LogP contribution is 2.27. The smallest absolute Gasteiger partial charge is 0.289 e. The molecule has 0 saturated carbocycles. The van der Waals surface area contributed by atoms with E-state index in [2.05, 4.69) is 24.2 Å². The lowest BCUT2D eigenvalue weighted by molar-refractivity contribution is -0.139. The molecule has 2 aliphatic heterocycles. The van der Waals surface area contributed by atoms with Crippen LogP contribution in [0.1, 0.15) is 52.7 Å². The van der Waals surface area contributed by atoms with E-state index in [-0.39, 0.29) is 17.4 Å². The predicted octanol–water partition coefficient (Wildman–Crippen LogP) is 2.37. The van der Waals surface area contributed by atoms with Crippen LogP contribution in [-0.2, 0) is 27.3 Å². The summed E-state index contributed by atoms with van der Waals surface area (Å²) in [7, 11) is 0. The Kier molecular flexibility index (Phi) is 5.67. The van der Waals surface area contributed by atoms with Gasteiger partial charge in [0.15, 0.2) is 11.5 Å². The number of rotatable bonds is 5. The molecule has 0 N–H and O–H groups in total. The number of aromatic nitrogens is 3. The maximum Gasteiger partial charge on any atom is 0.289 e. The number of hydrogen-bond acceptors (Lipinski definition) is 5. The summed E-state index contributed by atoms with van der Waals surface area (Å²) in [5.41, 5.74) is 0.384. The van der Waals surface area contributed by atoms with Gasteiger partial charge in [-0.3, -0.25) is 14.3 Å². The van der Waals surface area contributed by atoms with Crippen LogP contribution in [0.25, 0.3) is 0 Å². The summed E-state index contributed by atoms with van der Waals surface area (Å²) in [4.78, 5) is 26.6. The lowest BCUT2D eigenvalue weighted by atomic mass is 9.96. The average molecular weight is 374 g/mol. The fourth-order valence-electron chi connectivity index (χ4n) is 3.84. The Morgan fingerprint density at radius 1 is 1.41 bits per heavy atom. The number of nitrogens with zero attached hydrogens (tertiary/aromatic N) is 4. The molecule has 148 valence electrons. The van der Waals surface area contributed by atoms with Crippen LogP contribution in [-0.4, -0.2) is 50.3 Å². The van der Waals surface area contributed by atoms with E-state index in [4.69, 9.17) is 4.74 Å². The van der Waals surface area contributed by atoms with Crippen LogP contribution in [0.15, 0.2) is 18.0 Å². The highest BCUT2D eigenvalue weighted by atomic mass is 16.5. The van der Waals surface area contributed by atoms with Gasteiger partial charge in [0.25, 0.3) is 5.91 Å². The Bertz CT molecular complexity index is 735. The summed E-state index contributed by atoms with van der Waals surface area (Å²) in [6.07, 6.45) is 6.57. The number of allylic oxidation sites excluding steroid dienone is 1. The molecule has 3 heterocycles. The summed E-state index contributed by atoms with van der Waals surface area (Å²) >= 11 is 0. The highest BCUT2D eigenvalue weighted by Gasteiger charge is 2.35. The van der Waals surface area contributed by atoms with Crippen molar-refractivity contribution >= 4 is 11.7 Å². The number of carbonyl (C=O) groups excluding carboxylic acids is 2. The molecule has 0 bridgehead atoms. The lowest BCUT2D eigenvalue weighted by Crippen LogP contribution is -2.44. The first kappa shape index (κ1) is 19.6. The summed E-state index contributed by atoms with van der Waals surface area (Å²) in [5, 5.41) is 8.47. The molecule has 1 unspecified atom stereocenters. The zero-order valence-corrected chi connectivity index (χ0v) is 16.8. The van der Waals surface area contributed by atoms with Crippen LogP contribution in [0.2, 0.25) is 0 Å². The van der Waals surface area contributed by atoms with E-state index in [0.29, 0.717) is 31.3 Å². The Labute approximate surface area is 160 Å². The molecule has 0 spiro atoms. The van der Waals surface area contributed by atoms with Crippen molar-refractivity contribution in [2.24, 2.45) is 11.8 Å². The first-order valence-corrected chi connectivity index (χ1v) is 9.83. The number of piperidine rings is 1. The molecule has 1 aromatic rings. The van der Waals surface area contributed by atoms with Crippen molar-refractivity contribution in [1.29, 1.82) is 0 Å². The van der Waals surface area contributed by atoms with Crippen LogP contribution in [0, 0.1) is 11.8 Å². The van der Waals surface area contributed by atoms with Gasteiger partial charge in [-0.15, -0.1) is 5.10 Å². The third kappa shape index (κ3) is 5.17. The first-order chi connectivity index (χ1) is 12.7. The standard InChI is InChI=1S/C20H30N4O3/c1-14(2)8-16-13-24(22-21-16)12-15-6-5-7-23(11-15)19(26)18-9-17(25)10-20(3,4)27-18/h9,13-15H,5-8,10-12H2,1-4H3. The molecule has 1 amide bonds. The molecule has 0 aliphatic carbocycles. The maximum atomic E-state index is 12.9. The van der Waals surface area contributed by atoms with Crippen molar-refractivity contribution in [3.63, 3.8) is 0 Å². The van der Waals surface area contributed by atoms with Crippen LogP contribution in [0.3, 0.4) is 0 Å². The molecule has 7 nitrogen and oxygen atoms in total. The quantitative estimate of drug-likeness (QED) is 0.791. The minimum atomic E-state index is -0.625. The number of ether oxygens (including phenoxy) is 1. The molecule has 3 rings (SSSR count). The molecule has 0 aromatic carbocycles. The molecule has 1 fully saturated rings. The van der Waals surface area contributed by atoms with Crippen LogP contribution < -0.4 is 0 Å². The van der Waals surface area contributed by atoms with Crippen molar-refractivity contribution in [1.82, 2.24) is 19.9 Å². The minimum Gasteiger partial charge on any atom is -0.481 e. The third-order valence-electron chi connectivity index (χ3n) is 4.94. The van der Waals surface area contributed by atoms with E-state index >= 15 is 0 Å². The first-order valence-electron chi connectivity index (χ1n) is 9.83.